The first kappa shape index (κ1) is 11.9. The van der Waals surface area contributed by atoms with Crippen LogP contribution in [-0.4, -0.2) is 36.5 Å². The first-order valence-electron chi connectivity index (χ1n) is 6.83. The van der Waals surface area contributed by atoms with Crippen molar-refractivity contribution in [3.8, 4) is 0 Å². The van der Waals surface area contributed by atoms with Crippen LogP contribution in [0.4, 0.5) is 0 Å². The second kappa shape index (κ2) is 5.67. The Kier molecular flexibility index (Phi) is 4.22. The quantitative estimate of drug-likeness (QED) is 0.775. The molecule has 1 amide bonds. The second-order valence-electron chi connectivity index (χ2n) is 5.18. The average molecular weight is 224 g/mol. The maximum absolute atomic E-state index is 12.2. The molecular formula is C13H24N2O. The fraction of sp³-hybridized carbons (Fsp3) is 0.923. The van der Waals surface area contributed by atoms with Gasteiger partial charge in [0.25, 0.3) is 0 Å². The van der Waals surface area contributed by atoms with Crippen LogP contribution in [0, 0.1) is 5.92 Å². The van der Waals surface area contributed by atoms with Gasteiger partial charge in [0, 0.05) is 13.1 Å². The average Bonchev–Trinajstić information content (AvgIpc) is 2.39. The molecule has 0 unspecified atom stereocenters. The van der Waals surface area contributed by atoms with E-state index in [1.54, 1.807) is 0 Å². The lowest BCUT2D eigenvalue weighted by molar-refractivity contribution is -0.135. The molecule has 0 bridgehead atoms. The predicted octanol–water partition coefficient (Wildman–Crippen LogP) is 1.78. The summed E-state index contributed by atoms with van der Waals surface area (Å²) in [5.74, 6) is 1.21. The maximum Gasteiger partial charge on any atom is 0.239 e. The SMILES string of the molecule is CCC1CCN(C(=O)[C@H]2CCCCN2)CC1. The van der Waals surface area contributed by atoms with E-state index in [9.17, 15) is 4.79 Å². The van der Waals surface area contributed by atoms with Gasteiger partial charge in [0.2, 0.25) is 5.91 Å². The summed E-state index contributed by atoms with van der Waals surface area (Å²) in [5, 5.41) is 3.35. The van der Waals surface area contributed by atoms with Crippen LogP contribution in [0.2, 0.25) is 0 Å². The zero-order valence-electron chi connectivity index (χ0n) is 10.4. The lowest BCUT2D eigenvalue weighted by Crippen LogP contribution is -2.50. The van der Waals surface area contributed by atoms with Gasteiger partial charge in [-0.3, -0.25) is 4.79 Å². The Hall–Kier alpha value is -0.570. The van der Waals surface area contributed by atoms with Crippen LogP contribution in [0.1, 0.15) is 45.4 Å². The molecule has 0 aromatic heterocycles. The van der Waals surface area contributed by atoms with Crippen molar-refractivity contribution in [2.45, 2.75) is 51.5 Å². The number of likely N-dealkylation sites (tertiary alicyclic amines) is 1. The molecule has 92 valence electrons. The zero-order chi connectivity index (χ0) is 11.4. The van der Waals surface area contributed by atoms with Crippen LogP contribution in [0.15, 0.2) is 0 Å². The highest BCUT2D eigenvalue weighted by atomic mass is 16.2. The third kappa shape index (κ3) is 2.76. The van der Waals surface area contributed by atoms with E-state index in [0.717, 1.165) is 32.0 Å². The number of piperidine rings is 2. The molecular weight excluding hydrogens is 200 g/mol. The zero-order valence-corrected chi connectivity index (χ0v) is 10.4. The molecule has 0 spiro atoms. The van der Waals surface area contributed by atoms with Gasteiger partial charge in [-0.05, 0) is 38.1 Å². The molecule has 2 aliphatic rings. The molecule has 2 fully saturated rings. The van der Waals surface area contributed by atoms with E-state index in [1.165, 1.54) is 32.1 Å². The number of amides is 1. The summed E-state index contributed by atoms with van der Waals surface area (Å²) < 4.78 is 0. The largest absolute Gasteiger partial charge is 0.341 e. The molecule has 1 N–H and O–H groups in total. The molecule has 3 nitrogen and oxygen atoms in total. The second-order valence-corrected chi connectivity index (χ2v) is 5.18. The molecule has 0 aromatic rings. The van der Waals surface area contributed by atoms with Gasteiger partial charge in [0.1, 0.15) is 0 Å². The highest BCUT2D eigenvalue weighted by Crippen LogP contribution is 2.21. The number of rotatable bonds is 2. The predicted molar refractivity (Wildman–Crippen MR) is 65.2 cm³/mol. The van der Waals surface area contributed by atoms with Gasteiger partial charge in [-0.25, -0.2) is 0 Å². The summed E-state index contributed by atoms with van der Waals surface area (Å²) in [6.45, 7) is 5.23. The number of hydrogen-bond donors (Lipinski definition) is 1. The molecule has 1 atom stereocenters. The smallest absolute Gasteiger partial charge is 0.239 e. The number of nitrogens with one attached hydrogen (secondary N) is 1. The Labute approximate surface area is 98.6 Å². The molecule has 3 heteroatoms. The fourth-order valence-corrected chi connectivity index (χ4v) is 2.84. The summed E-state index contributed by atoms with van der Waals surface area (Å²) in [5.41, 5.74) is 0. The molecule has 0 radical (unpaired) electrons. The lowest BCUT2D eigenvalue weighted by atomic mass is 9.93. The molecule has 0 aromatic carbocycles. The van der Waals surface area contributed by atoms with Gasteiger partial charge in [-0.1, -0.05) is 19.8 Å². The number of nitrogens with zero attached hydrogens (tertiary/aromatic N) is 1. The molecule has 0 saturated carbocycles. The van der Waals surface area contributed by atoms with Crippen LogP contribution >= 0.6 is 0 Å². The summed E-state index contributed by atoms with van der Waals surface area (Å²) >= 11 is 0. The Morgan fingerprint density at radius 1 is 1.25 bits per heavy atom. The molecule has 2 rings (SSSR count). The van der Waals surface area contributed by atoms with E-state index in [2.05, 4.69) is 17.1 Å². The molecule has 0 aliphatic carbocycles. The van der Waals surface area contributed by atoms with Crippen LogP contribution in [0.25, 0.3) is 0 Å². The standard InChI is InChI=1S/C13H24N2O/c1-2-11-6-9-15(10-7-11)13(16)12-5-3-4-8-14-12/h11-12,14H,2-10H2,1H3/t12-/m1/s1. The van der Waals surface area contributed by atoms with E-state index >= 15 is 0 Å². The van der Waals surface area contributed by atoms with Crippen LogP contribution in [-0.2, 0) is 4.79 Å². The van der Waals surface area contributed by atoms with Crippen molar-refractivity contribution in [2.24, 2.45) is 5.92 Å². The first-order valence-corrected chi connectivity index (χ1v) is 6.83. The Morgan fingerprint density at radius 3 is 2.56 bits per heavy atom. The van der Waals surface area contributed by atoms with Crippen molar-refractivity contribution in [2.75, 3.05) is 19.6 Å². The minimum absolute atomic E-state index is 0.118. The number of carbonyl (C=O) groups is 1. The van der Waals surface area contributed by atoms with E-state index in [0.29, 0.717) is 5.91 Å². The van der Waals surface area contributed by atoms with Crippen molar-refractivity contribution in [3.05, 3.63) is 0 Å². The third-order valence-corrected chi connectivity index (χ3v) is 4.11. The highest BCUT2D eigenvalue weighted by Gasteiger charge is 2.28. The van der Waals surface area contributed by atoms with Crippen LogP contribution < -0.4 is 5.32 Å². The first-order chi connectivity index (χ1) is 7.81. The maximum atomic E-state index is 12.2. The summed E-state index contributed by atoms with van der Waals surface area (Å²) in [4.78, 5) is 14.3. The molecule has 2 aliphatic heterocycles. The fourth-order valence-electron chi connectivity index (χ4n) is 2.84. The summed E-state index contributed by atoms with van der Waals surface area (Å²) in [7, 11) is 0. The van der Waals surface area contributed by atoms with Crippen LogP contribution in [0.3, 0.4) is 0 Å². The van der Waals surface area contributed by atoms with Crippen molar-refractivity contribution in [1.29, 1.82) is 0 Å². The van der Waals surface area contributed by atoms with E-state index in [4.69, 9.17) is 0 Å². The van der Waals surface area contributed by atoms with Crippen molar-refractivity contribution in [1.82, 2.24) is 10.2 Å². The van der Waals surface area contributed by atoms with Gasteiger partial charge in [0.15, 0.2) is 0 Å². The van der Waals surface area contributed by atoms with E-state index in [-0.39, 0.29) is 6.04 Å². The van der Waals surface area contributed by atoms with Crippen molar-refractivity contribution >= 4 is 5.91 Å². The number of hydrogen-bond acceptors (Lipinski definition) is 2. The number of carbonyl (C=O) groups excluding carboxylic acids is 1. The van der Waals surface area contributed by atoms with Crippen LogP contribution in [0.5, 0.6) is 0 Å². The monoisotopic (exact) mass is 224 g/mol. The normalized spacial score (nSPS) is 28.1. The Morgan fingerprint density at radius 2 is 2.00 bits per heavy atom. The topological polar surface area (TPSA) is 32.3 Å². The Bertz CT molecular complexity index is 228. The van der Waals surface area contributed by atoms with Gasteiger partial charge >= 0.3 is 0 Å². The Balaban J connectivity index is 1.81. The molecule has 2 saturated heterocycles. The van der Waals surface area contributed by atoms with Gasteiger partial charge < -0.3 is 10.2 Å². The van der Waals surface area contributed by atoms with Gasteiger partial charge in [0.05, 0.1) is 6.04 Å². The van der Waals surface area contributed by atoms with E-state index < -0.39 is 0 Å². The van der Waals surface area contributed by atoms with Gasteiger partial charge in [-0.2, -0.15) is 0 Å². The van der Waals surface area contributed by atoms with Crippen molar-refractivity contribution < 1.29 is 4.79 Å². The minimum Gasteiger partial charge on any atom is -0.341 e. The lowest BCUT2D eigenvalue weighted by Gasteiger charge is -2.35. The highest BCUT2D eigenvalue weighted by molar-refractivity contribution is 5.82. The minimum atomic E-state index is 0.118. The molecule has 16 heavy (non-hydrogen) atoms. The summed E-state index contributed by atoms with van der Waals surface area (Å²) in [6.07, 6.45) is 7.14. The third-order valence-electron chi connectivity index (χ3n) is 4.11. The van der Waals surface area contributed by atoms with Crippen molar-refractivity contribution in [3.63, 3.8) is 0 Å². The van der Waals surface area contributed by atoms with E-state index in [1.807, 2.05) is 0 Å². The molecule has 2 heterocycles. The summed E-state index contributed by atoms with van der Waals surface area (Å²) in [6, 6.07) is 0.118. The van der Waals surface area contributed by atoms with Gasteiger partial charge in [-0.15, -0.1) is 0 Å².